The number of nitrogens with zero attached hydrogens (tertiary/aromatic N) is 4. The molecule has 2 aromatic rings. The summed E-state index contributed by atoms with van der Waals surface area (Å²) in [5.74, 6) is 0.169. The number of aromatic nitrogens is 3. The molecular formula is C19H21ClF3N5O2S. The molecule has 0 saturated carbocycles. The Morgan fingerprint density at radius 1 is 1.29 bits per heavy atom. The fraction of sp³-hybridized carbons (Fsp3) is 0.474. The molecule has 0 spiro atoms. The van der Waals surface area contributed by atoms with Crippen LogP contribution in [0.3, 0.4) is 0 Å². The average molecular weight is 476 g/mol. The lowest BCUT2D eigenvalue weighted by molar-refractivity contribution is -0.137. The molecule has 1 amide bonds. The Labute approximate surface area is 186 Å². The number of thioether (sulfide) groups is 1. The fourth-order valence-electron chi connectivity index (χ4n) is 3.35. The maximum atomic E-state index is 12.8. The van der Waals surface area contributed by atoms with Crippen molar-refractivity contribution in [2.75, 3.05) is 37.3 Å². The highest BCUT2D eigenvalue weighted by Gasteiger charge is 2.32. The summed E-state index contributed by atoms with van der Waals surface area (Å²) in [4.78, 5) is 39.1. The van der Waals surface area contributed by atoms with Crippen molar-refractivity contribution in [1.82, 2.24) is 19.9 Å². The zero-order valence-corrected chi connectivity index (χ0v) is 18.5. The molecule has 168 valence electrons. The largest absolute Gasteiger partial charge is 0.417 e. The van der Waals surface area contributed by atoms with Gasteiger partial charge in [-0.05, 0) is 25.7 Å². The van der Waals surface area contributed by atoms with Gasteiger partial charge in [0.05, 0.1) is 10.6 Å². The second kappa shape index (κ2) is 9.47. The third kappa shape index (κ3) is 5.51. The normalized spacial score (nSPS) is 14.8. The summed E-state index contributed by atoms with van der Waals surface area (Å²) in [6.45, 7) is 3.31. The van der Waals surface area contributed by atoms with Gasteiger partial charge in [-0.1, -0.05) is 23.4 Å². The average Bonchev–Trinajstić information content (AvgIpc) is 2.72. The van der Waals surface area contributed by atoms with Gasteiger partial charge in [0.15, 0.2) is 5.16 Å². The molecule has 2 aromatic heterocycles. The third-order valence-electron chi connectivity index (χ3n) is 5.06. The van der Waals surface area contributed by atoms with Crippen LogP contribution < -0.4 is 10.5 Å². The van der Waals surface area contributed by atoms with Gasteiger partial charge in [-0.25, -0.2) is 9.97 Å². The van der Waals surface area contributed by atoms with Crippen molar-refractivity contribution in [1.29, 1.82) is 0 Å². The molecule has 3 rings (SSSR count). The lowest BCUT2D eigenvalue weighted by Gasteiger charge is -2.36. The number of piperazine rings is 1. The molecule has 1 aliphatic heterocycles. The molecule has 7 nitrogen and oxygen atoms in total. The Kier molecular flexibility index (Phi) is 7.15. The van der Waals surface area contributed by atoms with Gasteiger partial charge < -0.3 is 14.8 Å². The van der Waals surface area contributed by atoms with E-state index in [0.717, 1.165) is 12.3 Å². The van der Waals surface area contributed by atoms with E-state index in [9.17, 15) is 22.8 Å². The van der Waals surface area contributed by atoms with E-state index in [-0.39, 0.29) is 35.1 Å². The first-order valence-electron chi connectivity index (χ1n) is 9.49. The summed E-state index contributed by atoms with van der Waals surface area (Å²) in [6.07, 6.45) is -1.48. The highest BCUT2D eigenvalue weighted by atomic mass is 35.5. The second-order valence-electron chi connectivity index (χ2n) is 7.03. The van der Waals surface area contributed by atoms with Gasteiger partial charge in [0, 0.05) is 50.1 Å². The van der Waals surface area contributed by atoms with Crippen molar-refractivity contribution < 1.29 is 18.0 Å². The van der Waals surface area contributed by atoms with Gasteiger partial charge in [0.2, 0.25) is 5.91 Å². The van der Waals surface area contributed by atoms with Crippen molar-refractivity contribution in [3.05, 3.63) is 44.5 Å². The van der Waals surface area contributed by atoms with Crippen LogP contribution in [-0.4, -0.2) is 58.2 Å². The maximum absolute atomic E-state index is 12.8. The number of alkyl halides is 3. The van der Waals surface area contributed by atoms with Crippen molar-refractivity contribution in [2.45, 2.75) is 31.1 Å². The molecule has 12 heteroatoms. The molecule has 1 aliphatic rings. The SMILES string of the molecule is CSc1nc(C)c(CCC(=O)N2CCN(c3ncc(C(F)(F)F)cc3Cl)CC2)c(=O)[nH]1. The Morgan fingerprint density at radius 3 is 2.52 bits per heavy atom. The van der Waals surface area contributed by atoms with E-state index in [4.69, 9.17) is 11.6 Å². The number of pyridine rings is 1. The zero-order valence-electron chi connectivity index (χ0n) is 16.9. The predicted molar refractivity (Wildman–Crippen MR) is 113 cm³/mol. The summed E-state index contributed by atoms with van der Waals surface area (Å²) in [5, 5.41) is 0.453. The minimum absolute atomic E-state index is 0.0782. The zero-order chi connectivity index (χ0) is 22.8. The quantitative estimate of drug-likeness (QED) is 0.528. The molecule has 0 aliphatic carbocycles. The summed E-state index contributed by atoms with van der Waals surface area (Å²) in [7, 11) is 0. The van der Waals surface area contributed by atoms with Crippen molar-refractivity contribution in [2.24, 2.45) is 0 Å². The molecule has 0 radical (unpaired) electrons. The van der Waals surface area contributed by atoms with E-state index in [1.165, 1.54) is 11.8 Å². The summed E-state index contributed by atoms with van der Waals surface area (Å²) in [6, 6.07) is 0.859. The van der Waals surface area contributed by atoms with E-state index in [0.29, 0.717) is 42.6 Å². The number of aromatic amines is 1. The molecule has 0 bridgehead atoms. The number of halogens is 4. The second-order valence-corrected chi connectivity index (χ2v) is 8.24. The highest BCUT2D eigenvalue weighted by Crippen LogP contribution is 2.33. The highest BCUT2D eigenvalue weighted by molar-refractivity contribution is 7.98. The van der Waals surface area contributed by atoms with Crippen LogP contribution >= 0.6 is 23.4 Å². The third-order valence-corrected chi connectivity index (χ3v) is 5.92. The van der Waals surface area contributed by atoms with Gasteiger partial charge in [-0.15, -0.1) is 0 Å². The van der Waals surface area contributed by atoms with E-state index < -0.39 is 11.7 Å². The van der Waals surface area contributed by atoms with E-state index in [1.807, 2.05) is 6.26 Å². The van der Waals surface area contributed by atoms with Crippen LogP contribution in [0, 0.1) is 6.92 Å². The summed E-state index contributed by atoms with van der Waals surface area (Å²) >= 11 is 7.35. The number of H-pyrrole nitrogens is 1. The number of nitrogens with one attached hydrogen (secondary N) is 1. The number of rotatable bonds is 5. The lowest BCUT2D eigenvalue weighted by Crippen LogP contribution is -2.49. The van der Waals surface area contributed by atoms with E-state index in [2.05, 4.69) is 15.0 Å². The number of carbonyl (C=O) groups is 1. The van der Waals surface area contributed by atoms with Crippen molar-refractivity contribution in [3.63, 3.8) is 0 Å². The Balaban J connectivity index is 1.58. The number of hydrogen-bond acceptors (Lipinski definition) is 6. The molecule has 3 heterocycles. The predicted octanol–water partition coefficient (Wildman–Crippen LogP) is 3.15. The molecule has 1 fully saturated rings. The van der Waals surface area contributed by atoms with Gasteiger partial charge in [-0.3, -0.25) is 9.59 Å². The maximum Gasteiger partial charge on any atom is 0.417 e. The molecule has 0 atom stereocenters. The monoisotopic (exact) mass is 475 g/mol. The standard InChI is InChI=1S/C19H21ClF3N5O2S/c1-11-13(17(30)26-18(25-11)31-2)3-4-15(29)27-5-7-28(8-6-27)16-14(20)9-12(10-24-16)19(21,22)23/h9-10H,3-8H2,1-2H3,(H,25,26,30). The first-order valence-corrected chi connectivity index (χ1v) is 11.1. The lowest BCUT2D eigenvalue weighted by atomic mass is 10.1. The molecular weight excluding hydrogens is 455 g/mol. The number of aryl methyl sites for hydroxylation is 1. The molecule has 1 N–H and O–H groups in total. The number of carbonyl (C=O) groups excluding carboxylic acids is 1. The molecule has 31 heavy (non-hydrogen) atoms. The Hall–Kier alpha value is -2.27. The van der Waals surface area contributed by atoms with Crippen LogP contribution in [0.1, 0.15) is 23.2 Å². The van der Waals surface area contributed by atoms with Crippen LogP contribution in [0.15, 0.2) is 22.2 Å². The van der Waals surface area contributed by atoms with Crippen molar-refractivity contribution >= 4 is 35.1 Å². The smallest absolute Gasteiger partial charge is 0.352 e. The topological polar surface area (TPSA) is 82.2 Å². The Morgan fingerprint density at radius 2 is 1.97 bits per heavy atom. The summed E-state index contributed by atoms with van der Waals surface area (Å²) < 4.78 is 38.3. The van der Waals surface area contributed by atoms with Crippen LogP contribution in [0.5, 0.6) is 0 Å². The Bertz CT molecular complexity index is 1020. The van der Waals surface area contributed by atoms with Crippen LogP contribution in [0.25, 0.3) is 0 Å². The number of anilines is 1. The molecule has 0 unspecified atom stereocenters. The van der Waals surface area contributed by atoms with Gasteiger partial charge in [0.1, 0.15) is 5.82 Å². The number of amides is 1. The minimum atomic E-state index is -4.51. The number of hydrogen-bond donors (Lipinski definition) is 1. The summed E-state index contributed by atoms with van der Waals surface area (Å²) in [5.41, 5.74) is -0.0443. The van der Waals surface area contributed by atoms with Crippen LogP contribution in [0.4, 0.5) is 19.0 Å². The first-order chi connectivity index (χ1) is 14.6. The molecule has 1 saturated heterocycles. The fourth-order valence-corrected chi connectivity index (χ4v) is 4.06. The van der Waals surface area contributed by atoms with E-state index in [1.54, 1.807) is 16.7 Å². The first kappa shape index (κ1) is 23.4. The van der Waals surface area contributed by atoms with Gasteiger partial charge in [-0.2, -0.15) is 13.2 Å². The van der Waals surface area contributed by atoms with Crippen molar-refractivity contribution in [3.8, 4) is 0 Å². The van der Waals surface area contributed by atoms with Crippen LogP contribution in [0.2, 0.25) is 5.02 Å². The van der Waals surface area contributed by atoms with Gasteiger partial charge >= 0.3 is 6.18 Å². The van der Waals surface area contributed by atoms with Gasteiger partial charge in [0.25, 0.3) is 5.56 Å². The van der Waals surface area contributed by atoms with E-state index >= 15 is 0 Å². The minimum Gasteiger partial charge on any atom is -0.352 e. The van der Waals surface area contributed by atoms with Crippen LogP contribution in [-0.2, 0) is 17.4 Å². The molecule has 0 aromatic carbocycles.